The molecular formula is C7H9ClN2O3S. The number of aryl methyl sites for hydroxylation is 1. The Bertz CT molecular complexity index is 458. The predicted octanol–water partition coefficient (Wildman–Crippen LogP) is 0.898. The van der Waals surface area contributed by atoms with E-state index in [4.69, 9.17) is 22.5 Å². The molecule has 0 bridgehead atoms. The second-order valence-electron chi connectivity index (χ2n) is 2.73. The van der Waals surface area contributed by atoms with Gasteiger partial charge in [-0.05, 0) is 24.6 Å². The van der Waals surface area contributed by atoms with Gasteiger partial charge in [-0.25, -0.2) is 8.42 Å². The van der Waals surface area contributed by atoms with Crippen molar-refractivity contribution in [2.45, 2.75) is 11.8 Å². The third-order valence-electron chi connectivity index (χ3n) is 1.70. The summed E-state index contributed by atoms with van der Waals surface area (Å²) in [6, 6.07) is 2.61. The van der Waals surface area contributed by atoms with E-state index in [-0.39, 0.29) is 10.6 Å². The van der Waals surface area contributed by atoms with Crippen LogP contribution < -0.4 is 10.6 Å². The largest absolute Gasteiger partial charge is 0.398 e. The van der Waals surface area contributed by atoms with Gasteiger partial charge in [-0.15, -0.1) is 0 Å². The minimum Gasteiger partial charge on any atom is -0.398 e. The highest BCUT2D eigenvalue weighted by Gasteiger charge is 2.17. The van der Waals surface area contributed by atoms with Crippen molar-refractivity contribution in [3.8, 4) is 0 Å². The highest BCUT2D eigenvalue weighted by Crippen LogP contribution is 2.25. The molecule has 0 aromatic heterocycles. The highest BCUT2D eigenvalue weighted by molar-refractivity contribution is 7.89. The van der Waals surface area contributed by atoms with Gasteiger partial charge in [0.1, 0.15) is 4.90 Å². The quantitative estimate of drug-likeness (QED) is 0.525. The molecule has 0 saturated carbocycles. The van der Waals surface area contributed by atoms with E-state index in [0.29, 0.717) is 10.6 Å². The summed E-state index contributed by atoms with van der Waals surface area (Å²) < 4.78 is 22.4. The van der Waals surface area contributed by atoms with Crippen molar-refractivity contribution in [1.82, 2.24) is 4.89 Å². The molecule has 0 atom stereocenters. The Morgan fingerprint density at radius 2 is 2.07 bits per heavy atom. The van der Waals surface area contributed by atoms with Crippen LogP contribution >= 0.6 is 11.6 Å². The lowest BCUT2D eigenvalue weighted by atomic mass is 10.2. The van der Waals surface area contributed by atoms with Gasteiger partial charge in [0, 0.05) is 5.02 Å². The number of anilines is 1. The van der Waals surface area contributed by atoms with Crippen LogP contribution in [0.3, 0.4) is 0 Å². The summed E-state index contributed by atoms with van der Waals surface area (Å²) in [6.45, 7) is 1.64. The lowest BCUT2D eigenvalue weighted by Gasteiger charge is -2.07. The maximum absolute atomic E-state index is 11.2. The Morgan fingerprint density at radius 3 is 2.57 bits per heavy atom. The number of hydrogen-bond acceptors (Lipinski definition) is 4. The maximum Gasteiger partial charge on any atom is 0.264 e. The number of benzene rings is 1. The summed E-state index contributed by atoms with van der Waals surface area (Å²) in [4.78, 5) is 1.00. The zero-order valence-corrected chi connectivity index (χ0v) is 8.85. The van der Waals surface area contributed by atoms with Crippen LogP contribution in [0.1, 0.15) is 5.56 Å². The first-order chi connectivity index (χ1) is 6.38. The molecule has 0 aliphatic rings. The smallest absolute Gasteiger partial charge is 0.264 e. The van der Waals surface area contributed by atoms with Crippen LogP contribution in [0.4, 0.5) is 5.69 Å². The van der Waals surface area contributed by atoms with Crippen LogP contribution in [-0.4, -0.2) is 13.6 Å². The molecular weight excluding hydrogens is 228 g/mol. The standard InChI is InChI=1S/C7H9ClN2O3S/c1-4-2-7(14(12,13)10-11)6(9)3-5(4)8/h2-3,10-11H,9H2,1H3. The van der Waals surface area contributed by atoms with Crippen LogP contribution in [-0.2, 0) is 10.0 Å². The van der Waals surface area contributed by atoms with E-state index >= 15 is 0 Å². The summed E-state index contributed by atoms with van der Waals surface area (Å²) in [5.41, 5.74) is 5.99. The van der Waals surface area contributed by atoms with E-state index in [1.165, 1.54) is 17.0 Å². The van der Waals surface area contributed by atoms with Gasteiger partial charge in [0.15, 0.2) is 0 Å². The molecule has 0 fully saturated rings. The second-order valence-corrected chi connectivity index (χ2v) is 4.77. The van der Waals surface area contributed by atoms with E-state index < -0.39 is 10.0 Å². The lowest BCUT2D eigenvalue weighted by Crippen LogP contribution is -2.20. The van der Waals surface area contributed by atoms with E-state index in [0.717, 1.165) is 0 Å². The molecule has 1 aromatic rings. The lowest BCUT2D eigenvalue weighted by molar-refractivity contribution is 0.242. The fourth-order valence-electron chi connectivity index (χ4n) is 0.952. The van der Waals surface area contributed by atoms with E-state index in [9.17, 15) is 8.42 Å². The molecule has 5 nitrogen and oxygen atoms in total. The summed E-state index contributed by atoms with van der Waals surface area (Å²) in [5.74, 6) is 0. The van der Waals surface area contributed by atoms with Gasteiger partial charge in [0.05, 0.1) is 5.69 Å². The predicted molar refractivity (Wildman–Crippen MR) is 52.7 cm³/mol. The molecule has 0 saturated heterocycles. The molecule has 14 heavy (non-hydrogen) atoms. The van der Waals surface area contributed by atoms with Crippen LogP contribution in [0.5, 0.6) is 0 Å². The van der Waals surface area contributed by atoms with Crippen molar-refractivity contribution in [2.24, 2.45) is 0 Å². The van der Waals surface area contributed by atoms with Gasteiger partial charge < -0.3 is 10.9 Å². The molecule has 7 heteroatoms. The molecule has 0 heterocycles. The molecule has 78 valence electrons. The van der Waals surface area contributed by atoms with Crippen LogP contribution in [0.25, 0.3) is 0 Å². The van der Waals surface area contributed by atoms with E-state index in [1.807, 2.05) is 0 Å². The average molecular weight is 237 g/mol. The average Bonchev–Trinajstić information content (AvgIpc) is 2.11. The van der Waals surface area contributed by atoms with Gasteiger partial charge in [0.2, 0.25) is 0 Å². The zero-order valence-electron chi connectivity index (χ0n) is 7.28. The van der Waals surface area contributed by atoms with Gasteiger partial charge in [-0.2, -0.15) is 0 Å². The molecule has 1 rings (SSSR count). The van der Waals surface area contributed by atoms with Crippen molar-refractivity contribution >= 4 is 27.3 Å². The topological polar surface area (TPSA) is 92.4 Å². The first-order valence-electron chi connectivity index (χ1n) is 3.60. The first kappa shape index (κ1) is 11.3. The molecule has 0 aliphatic carbocycles. The van der Waals surface area contributed by atoms with Crippen LogP contribution in [0.2, 0.25) is 5.02 Å². The summed E-state index contributed by atoms with van der Waals surface area (Å²) >= 11 is 5.72. The number of nitrogens with one attached hydrogen (secondary N) is 1. The molecule has 0 spiro atoms. The van der Waals surface area contributed by atoms with Gasteiger partial charge in [-0.3, -0.25) is 0 Å². The number of sulfonamides is 1. The van der Waals surface area contributed by atoms with Crippen molar-refractivity contribution in [1.29, 1.82) is 0 Å². The Morgan fingerprint density at radius 1 is 1.50 bits per heavy atom. The van der Waals surface area contributed by atoms with Gasteiger partial charge in [0.25, 0.3) is 10.0 Å². The summed E-state index contributed by atoms with van der Waals surface area (Å²) in [6.07, 6.45) is 0. The fourth-order valence-corrected chi connectivity index (χ4v) is 1.92. The minimum absolute atomic E-state index is 0.0119. The molecule has 0 aliphatic heterocycles. The van der Waals surface area contributed by atoms with Crippen LogP contribution in [0.15, 0.2) is 17.0 Å². The van der Waals surface area contributed by atoms with Crippen LogP contribution in [0, 0.1) is 6.92 Å². The molecule has 0 unspecified atom stereocenters. The summed E-state index contributed by atoms with van der Waals surface area (Å²) in [7, 11) is -3.95. The van der Waals surface area contributed by atoms with Gasteiger partial charge >= 0.3 is 0 Å². The molecule has 1 aromatic carbocycles. The monoisotopic (exact) mass is 236 g/mol. The Labute approximate surface area is 86.5 Å². The van der Waals surface area contributed by atoms with Gasteiger partial charge in [-0.1, -0.05) is 16.5 Å². The maximum atomic E-state index is 11.2. The van der Waals surface area contributed by atoms with E-state index in [1.54, 1.807) is 6.92 Å². The number of halogens is 1. The Kier molecular flexibility index (Phi) is 3.01. The van der Waals surface area contributed by atoms with Crippen molar-refractivity contribution < 1.29 is 13.6 Å². The minimum atomic E-state index is -3.95. The number of hydrogen-bond donors (Lipinski definition) is 3. The number of rotatable bonds is 2. The second kappa shape index (κ2) is 3.74. The highest BCUT2D eigenvalue weighted by atomic mass is 35.5. The third-order valence-corrected chi connectivity index (χ3v) is 3.28. The fraction of sp³-hybridized carbons (Fsp3) is 0.143. The SMILES string of the molecule is Cc1cc(S(=O)(=O)NO)c(N)cc1Cl. The zero-order chi connectivity index (χ0) is 10.9. The van der Waals surface area contributed by atoms with Crippen molar-refractivity contribution in [2.75, 3.05) is 5.73 Å². The number of nitrogens with two attached hydrogens (primary N) is 1. The normalized spacial score (nSPS) is 11.6. The van der Waals surface area contributed by atoms with E-state index in [2.05, 4.69) is 0 Å². The van der Waals surface area contributed by atoms with Crippen molar-refractivity contribution in [3.63, 3.8) is 0 Å². The first-order valence-corrected chi connectivity index (χ1v) is 5.46. The van der Waals surface area contributed by atoms with Crippen molar-refractivity contribution in [3.05, 3.63) is 22.7 Å². The molecule has 0 radical (unpaired) electrons. The third kappa shape index (κ3) is 1.98. The molecule has 4 N–H and O–H groups in total. The number of nitrogen functional groups attached to an aromatic ring is 1. The summed E-state index contributed by atoms with van der Waals surface area (Å²) in [5, 5.41) is 8.78. The Balaban J connectivity index is 3.45. The molecule has 0 amide bonds. The Hall–Kier alpha value is -0.820.